The van der Waals surface area contributed by atoms with Gasteiger partial charge in [-0.3, -0.25) is 0 Å². The van der Waals surface area contributed by atoms with Gasteiger partial charge in [-0.1, -0.05) is 35.9 Å². The van der Waals surface area contributed by atoms with Crippen molar-refractivity contribution in [1.29, 1.82) is 0 Å². The van der Waals surface area contributed by atoms with E-state index in [1.165, 1.54) is 39.2 Å². The fourth-order valence-electron chi connectivity index (χ4n) is 3.41. The molecule has 28 heavy (non-hydrogen) atoms. The average Bonchev–Trinajstić information content (AvgIpc) is 2.52. The molecule has 0 aromatic heterocycles. The van der Waals surface area contributed by atoms with Crippen LogP contribution in [-0.2, 0) is 16.8 Å². The van der Waals surface area contributed by atoms with Gasteiger partial charge in [-0.15, -0.1) is 0 Å². The van der Waals surface area contributed by atoms with Crippen LogP contribution in [0.25, 0.3) is 0 Å². The zero-order valence-electron chi connectivity index (χ0n) is 17.8. The first-order valence-corrected chi connectivity index (χ1v) is 9.19. The number of nitrogens with zero attached hydrogens (tertiary/aromatic N) is 1. The van der Waals surface area contributed by atoms with E-state index in [1.54, 1.807) is 0 Å². The van der Waals surface area contributed by atoms with Gasteiger partial charge in [0.2, 0.25) is 0 Å². The van der Waals surface area contributed by atoms with E-state index in [4.69, 9.17) is 0 Å². The standard InChI is InChI=1S/C22H33N3.2BrH.Co/c1-16-14-19(4)22(20(5)15-16)24-11-13-25(6)12-10-23-21-17(2)8-7-9-18(21)3;;;/h7-9,14-15,23-24H,10-13H2,1-6H3;2*1H;/q;;;+2/p-2. The Hall–Kier alpha value is -0.534. The molecule has 2 aromatic rings. The van der Waals surface area contributed by atoms with Crippen LogP contribution in [0.5, 0.6) is 0 Å². The minimum absolute atomic E-state index is 0. The summed E-state index contributed by atoms with van der Waals surface area (Å²) in [6.07, 6.45) is 0. The van der Waals surface area contributed by atoms with Gasteiger partial charge in [0.05, 0.1) is 0 Å². The number of halogens is 2. The third kappa shape index (κ3) is 8.87. The summed E-state index contributed by atoms with van der Waals surface area (Å²) in [5.41, 5.74) is 9.18. The summed E-state index contributed by atoms with van der Waals surface area (Å²) in [6, 6.07) is 10.9. The number of hydrogen-bond donors (Lipinski definition) is 2. The van der Waals surface area contributed by atoms with Gasteiger partial charge in [-0.25, -0.2) is 0 Å². The summed E-state index contributed by atoms with van der Waals surface area (Å²) < 4.78 is 0. The van der Waals surface area contributed by atoms with Crippen molar-refractivity contribution in [1.82, 2.24) is 4.90 Å². The van der Waals surface area contributed by atoms with Gasteiger partial charge in [0.1, 0.15) is 0 Å². The second-order valence-electron chi connectivity index (χ2n) is 7.20. The van der Waals surface area contributed by atoms with Crippen molar-refractivity contribution in [3.05, 3.63) is 58.1 Å². The van der Waals surface area contributed by atoms with Gasteiger partial charge >= 0.3 is 16.8 Å². The van der Waals surface area contributed by atoms with Crippen LogP contribution in [0.15, 0.2) is 30.3 Å². The summed E-state index contributed by atoms with van der Waals surface area (Å²) in [6.45, 7) is 14.8. The second kappa shape index (κ2) is 14.4. The molecular weight excluding hydrogens is 525 g/mol. The Bertz CT molecular complexity index is 680. The molecule has 0 saturated heterocycles. The fraction of sp³-hybridized carbons (Fsp3) is 0.455. The van der Waals surface area contributed by atoms with Crippen molar-refractivity contribution in [2.24, 2.45) is 0 Å². The van der Waals surface area contributed by atoms with E-state index < -0.39 is 0 Å². The van der Waals surface area contributed by atoms with E-state index in [9.17, 15) is 0 Å². The molecule has 6 heteroatoms. The van der Waals surface area contributed by atoms with E-state index in [0.717, 1.165) is 26.2 Å². The molecule has 3 nitrogen and oxygen atoms in total. The van der Waals surface area contributed by atoms with Gasteiger partial charge in [0.25, 0.3) is 0 Å². The Balaban J connectivity index is 0. The molecule has 0 spiro atoms. The number of benzene rings is 2. The minimum atomic E-state index is 0. The molecule has 0 saturated carbocycles. The summed E-state index contributed by atoms with van der Waals surface area (Å²) >= 11 is 0. The number of para-hydroxylation sites is 1. The molecule has 159 valence electrons. The molecule has 1 radical (unpaired) electrons. The minimum Gasteiger partial charge on any atom is -1.00 e. The Kier molecular flexibility index (Phi) is 15.3. The topological polar surface area (TPSA) is 27.3 Å². The van der Waals surface area contributed by atoms with Crippen molar-refractivity contribution in [3.63, 3.8) is 0 Å². The van der Waals surface area contributed by atoms with Gasteiger partial charge in [0.15, 0.2) is 0 Å². The Labute approximate surface area is 202 Å². The van der Waals surface area contributed by atoms with Crippen molar-refractivity contribution in [3.8, 4) is 0 Å². The maximum atomic E-state index is 3.60. The third-order valence-corrected chi connectivity index (χ3v) is 4.75. The van der Waals surface area contributed by atoms with Crippen LogP contribution in [0, 0.1) is 34.6 Å². The van der Waals surface area contributed by atoms with E-state index in [2.05, 4.69) is 87.5 Å². The SMILES string of the molecule is Cc1cc(C)c(NCCN(C)CCNc2c(C)cccc2C)c(C)c1.[Br-].[Br-].[Co+2]. The van der Waals surface area contributed by atoms with E-state index in [1.807, 2.05) is 0 Å². The molecule has 2 aromatic carbocycles. The molecule has 0 aliphatic heterocycles. The molecule has 0 fully saturated rings. The molecule has 2 rings (SSSR count). The zero-order valence-corrected chi connectivity index (χ0v) is 22.0. The maximum Gasteiger partial charge on any atom is 2.00 e. The Morgan fingerprint density at radius 3 is 1.54 bits per heavy atom. The summed E-state index contributed by atoms with van der Waals surface area (Å²) in [4.78, 5) is 2.37. The molecule has 0 aliphatic carbocycles. The van der Waals surface area contributed by atoms with E-state index in [0.29, 0.717) is 0 Å². The average molecular weight is 558 g/mol. The Morgan fingerprint density at radius 2 is 1.11 bits per heavy atom. The predicted molar refractivity (Wildman–Crippen MR) is 111 cm³/mol. The number of anilines is 2. The Morgan fingerprint density at radius 1 is 0.714 bits per heavy atom. The molecule has 0 heterocycles. The largest absolute Gasteiger partial charge is 2.00 e. The predicted octanol–water partition coefficient (Wildman–Crippen LogP) is -1.31. The number of likely N-dealkylation sites (N-methyl/N-ethyl adjacent to an activating group) is 1. The number of aryl methyl sites for hydroxylation is 5. The van der Waals surface area contributed by atoms with Crippen molar-refractivity contribution in [2.45, 2.75) is 34.6 Å². The van der Waals surface area contributed by atoms with Gasteiger partial charge in [-0.2, -0.15) is 0 Å². The first-order valence-electron chi connectivity index (χ1n) is 9.19. The normalized spacial score (nSPS) is 9.82. The summed E-state index contributed by atoms with van der Waals surface area (Å²) in [5, 5.41) is 7.19. The molecule has 0 aliphatic rings. The molecule has 0 bridgehead atoms. The second-order valence-corrected chi connectivity index (χ2v) is 7.20. The molecular formula is C22H33Br2CoN3. The first kappa shape index (κ1) is 29.7. The van der Waals surface area contributed by atoms with Gasteiger partial charge in [0, 0.05) is 37.6 Å². The van der Waals surface area contributed by atoms with Crippen LogP contribution in [0.4, 0.5) is 11.4 Å². The number of nitrogens with one attached hydrogen (secondary N) is 2. The van der Waals surface area contributed by atoms with E-state index in [-0.39, 0.29) is 50.7 Å². The van der Waals surface area contributed by atoms with Gasteiger partial charge < -0.3 is 49.5 Å². The third-order valence-electron chi connectivity index (χ3n) is 4.75. The monoisotopic (exact) mass is 556 g/mol. The molecule has 2 N–H and O–H groups in total. The maximum absolute atomic E-state index is 3.60. The number of rotatable bonds is 8. The van der Waals surface area contributed by atoms with Crippen LogP contribution < -0.4 is 44.6 Å². The zero-order chi connectivity index (χ0) is 18.4. The van der Waals surface area contributed by atoms with Crippen LogP contribution in [0.3, 0.4) is 0 Å². The van der Waals surface area contributed by atoms with Crippen LogP contribution in [0.2, 0.25) is 0 Å². The summed E-state index contributed by atoms with van der Waals surface area (Å²) in [5.74, 6) is 0. The van der Waals surface area contributed by atoms with Crippen LogP contribution in [-0.4, -0.2) is 38.1 Å². The van der Waals surface area contributed by atoms with Crippen molar-refractivity contribution < 1.29 is 50.7 Å². The van der Waals surface area contributed by atoms with Crippen molar-refractivity contribution >= 4 is 11.4 Å². The van der Waals surface area contributed by atoms with Crippen LogP contribution >= 0.6 is 0 Å². The number of hydrogen-bond acceptors (Lipinski definition) is 3. The van der Waals surface area contributed by atoms with Crippen molar-refractivity contribution in [2.75, 3.05) is 43.9 Å². The molecule has 0 atom stereocenters. The smallest absolute Gasteiger partial charge is 1.00 e. The first-order chi connectivity index (χ1) is 11.9. The fourth-order valence-corrected chi connectivity index (χ4v) is 3.41. The molecule has 0 amide bonds. The van der Waals surface area contributed by atoms with Gasteiger partial charge in [-0.05, 0) is 63.9 Å². The molecule has 0 unspecified atom stereocenters. The van der Waals surface area contributed by atoms with E-state index >= 15 is 0 Å². The quantitative estimate of drug-likeness (QED) is 0.422. The summed E-state index contributed by atoms with van der Waals surface area (Å²) in [7, 11) is 2.18. The van der Waals surface area contributed by atoms with Crippen LogP contribution in [0.1, 0.15) is 27.8 Å².